The number of nitrogens with one attached hydrogen (secondary N) is 3. The standard InChI is InChI=1S/C40H60N6O7/c1-27(2)36(44-34(48)12-8-7-9-22-46-28(3)13-18-35(46)49)33(47)25-30(11-10-21-42-38(41)51)37(50)43-32-16-14-29(15-17-32)26-53-39(52)45-23-19-31(20-24-45)40(4,5)6/h13-18,27,30-31,36H,3,7-12,19-26H2,1-2,4-6H3,(H,43,50)(H,44,48)(H3,41,42,51)/t30-,36+/m1/s1. The minimum atomic E-state index is -0.773. The van der Waals surface area contributed by atoms with Crippen molar-refractivity contribution < 1.29 is 33.5 Å². The first-order valence-electron chi connectivity index (χ1n) is 18.9. The second-order valence-electron chi connectivity index (χ2n) is 15.6. The molecule has 1 aromatic carbocycles. The lowest BCUT2D eigenvalue weighted by Gasteiger charge is -2.38. The van der Waals surface area contributed by atoms with Gasteiger partial charge in [-0.25, -0.2) is 9.59 Å². The average molecular weight is 737 g/mol. The molecule has 2 aliphatic rings. The summed E-state index contributed by atoms with van der Waals surface area (Å²) in [6, 6.07) is 5.54. The number of benzene rings is 1. The van der Waals surface area contributed by atoms with Crippen molar-refractivity contribution in [3.05, 3.63) is 54.3 Å². The molecule has 0 aliphatic carbocycles. The second kappa shape index (κ2) is 20.5. The predicted octanol–water partition coefficient (Wildman–Crippen LogP) is 5.66. The van der Waals surface area contributed by atoms with Crippen molar-refractivity contribution in [3.8, 4) is 0 Å². The maximum absolute atomic E-state index is 13.6. The van der Waals surface area contributed by atoms with Crippen molar-refractivity contribution in [2.45, 2.75) is 105 Å². The van der Waals surface area contributed by atoms with E-state index in [9.17, 15) is 28.8 Å². The van der Waals surface area contributed by atoms with Crippen LogP contribution >= 0.6 is 0 Å². The Morgan fingerprint density at radius 1 is 0.981 bits per heavy atom. The highest BCUT2D eigenvalue weighted by atomic mass is 16.6. The van der Waals surface area contributed by atoms with Crippen molar-refractivity contribution >= 4 is 41.3 Å². The molecule has 1 saturated heterocycles. The van der Waals surface area contributed by atoms with Gasteiger partial charge >= 0.3 is 12.1 Å². The SMILES string of the molecule is C=C1C=CC(=O)N1CCCCCC(=O)N[C@H](C(=O)C[C@@H](CCCNC(N)=O)C(=O)Nc1ccc(COC(=O)N2CCC(C(C)(C)C)CC2)cc1)C(C)C. The fourth-order valence-electron chi connectivity index (χ4n) is 6.69. The third kappa shape index (κ3) is 14.3. The first-order valence-corrected chi connectivity index (χ1v) is 18.9. The molecule has 13 nitrogen and oxygen atoms in total. The molecule has 0 spiro atoms. The molecule has 0 saturated carbocycles. The van der Waals surface area contributed by atoms with E-state index in [4.69, 9.17) is 10.5 Å². The number of hydrogen-bond acceptors (Lipinski definition) is 7. The number of allylic oxidation sites excluding steroid dienone is 1. The number of nitrogens with two attached hydrogens (primary N) is 1. The topological polar surface area (TPSA) is 180 Å². The molecule has 3 rings (SSSR count). The normalized spacial score (nSPS) is 16.0. The van der Waals surface area contributed by atoms with Crippen LogP contribution in [0.4, 0.5) is 15.3 Å². The predicted molar refractivity (Wildman–Crippen MR) is 204 cm³/mol. The highest BCUT2D eigenvalue weighted by Crippen LogP contribution is 2.34. The molecule has 1 aromatic rings. The first kappa shape index (κ1) is 42.7. The fraction of sp³-hybridized carbons (Fsp3) is 0.600. The number of Topliss-reactive ketones (excluding diaryl/α,β-unsaturated/α-hetero) is 1. The summed E-state index contributed by atoms with van der Waals surface area (Å²) in [5, 5.41) is 8.28. The molecule has 6 amide bonds. The number of piperidine rings is 1. The maximum Gasteiger partial charge on any atom is 0.410 e. The maximum atomic E-state index is 13.6. The van der Waals surface area contributed by atoms with Gasteiger partial charge in [0.2, 0.25) is 11.8 Å². The molecule has 53 heavy (non-hydrogen) atoms. The molecule has 0 aromatic heterocycles. The number of unbranched alkanes of at least 4 members (excludes halogenated alkanes) is 2. The van der Waals surface area contributed by atoms with Crippen LogP contribution in [0.5, 0.6) is 0 Å². The number of hydrogen-bond donors (Lipinski definition) is 4. The smallest absolute Gasteiger partial charge is 0.410 e. The Hall–Kier alpha value is -4.68. The Bertz CT molecular complexity index is 1460. The van der Waals surface area contributed by atoms with Crippen molar-refractivity contribution in [1.29, 1.82) is 0 Å². The van der Waals surface area contributed by atoms with E-state index in [1.807, 2.05) is 13.8 Å². The molecular formula is C40H60N6O7. The van der Waals surface area contributed by atoms with E-state index in [0.717, 1.165) is 31.2 Å². The molecule has 5 N–H and O–H groups in total. The Balaban J connectivity index is 1.51. The van der Waals surface area contributed by atoms with E-state index in [-0.39, 0.29) is 66.9 Å². The van der Waals surface area contributed by atoms with Crippen LogP contribution in [0.3, 0.4) is 0 Å². The van der Waals surface area contributed by atoms with Crippen LogP contribution < -0.4 is 21.7 Å². The van der Waals surface area contributed by atoms with Crippen molar-refractivity contribution in [2.75, 3.05) is 31.5 Å². The number of ketones is 1. The monoisotopic (exact) mass is 736 g/mol. The minimum absolute atomic E-state index is 0.0859. The molecule has 2 atom stereocenters. The second-order valence-corrected chi connectivity index (χ2v) is 15.6. The van der Waals surface area contributed by atoms with Gasteiger partial charge in [-0.3, -0.25) is 19.2 Å². The molecule has 1 fully saturated rings. The summed E-state index contributed by atoms with van der Waals surface area (Å²) >= 11 is 0. The summed E-state index contributed by atoms with van der Waals surface area (Å²) in [6.07, 6.45) is 7.65. The largest absolute Gasteiger partial charge is 0.445 e. The van der Waals surface area contributed by atoms with E-state index in [0.29, 0.717) is 56.2 Å². The number of likely N-dealkylation sites (tertiary alicyclic amines) is 1. The number of urea groups is 1. The minimum Gasteiger partial charge on any atom is -0.445 e. The fourth-order valence-corrected chi connectivity index (χ4v) is 6.69. The summed E-state index contributed by atoms with van der Waals surface area (Å²) in [6.45, 7) is 16.5. The van der Waals surface area contributed by atoms with Gasteiger partial charge in [0.15, 0.2) is 5.78 Å². The van der Waals surface area contributed by atoms with E-state index in [1.54, 1.807) is 40.1 Å². The van der Waals surface area contributed by atoms with Gasteiger partial charge in [0.25, 0.3) is 5.91 Å². The van der Waals surface area contributed by atoms with Gasteiger partial charge in [-0.1, -0.05) is 59.8 Å². The Morgan fingerprint density at radius 3 is 2.25 bits per heavy atom. The lowest BCUT2D eigenvalue weighted by Crippen LogP contribution is -2.45. The number of carbonyl (C=O) groups excluding carboxylic acids is 6. The highest BCUT2D eigenvalue weighted by molar-refractivity contribution is 5.97. The van der Waals surface area contributed by atoms with Gasteiger partial charge in [-0.2, -0.15) is 0 Å². The van der Waals surface area contributed by atoms with Gasteiger partial charge in [-0.05, 0) is 79.5 Å². The molecule has 13 heteroatoms. The van der Waals surface area contributed by atoms with Gasteiger partial charge in [0.05, 0.1) is 6.04 Å². The molecule has 2 heterocycles. The van der Waals surface area contributed by atoms with Crippen molar-refractivity contribution in [1.82, 2.24) is 20.4 Å². The molecule has 292 valence electrons. The summed E-state index contributed by atoms with van der Waals surface area (Å²) < 4.78 is 5.57. The van der Waals surface area contributed by atoms with Crippen LogP contribution in [0, 0.1) is 23.2 Å². The van der Waals surface area contributed by atoms with E-state index < -0.39 is 18.0 Å². The van der Waals surface area contributed by atoms with Crippen LogP contribution in [0.15, 0.2) is 48.7 Å². The molecule has 2 aliphatic heterocycles. The van der Waals surface area contributed by atoms with E-state index in [1.165, 1.54) is 6.08 Å². The first-order chi connectivity index (χ1) is 25.0. The summed E-state index contributed by atoms with van der Waals surface area (Å²) in [5.74, 6) is -1.31. The average Bonchev–Trinajstić information content (AvgIpc) is 3.43. The molecule has 0 bridgehead atoms. The number of nitrogens with zero attached hydrogens (tertiary/aromatic N) is 2. The number of amides is 6. The zero-order valence-corrected chi connectivity index (χ0v) is 32.2. The number of rotatable bonds is 19. The van der Waals surface area contributed by atoms with Gasteiger partial charge in [0.1, 0.15) is 6.61 Å². The van der Waals surface area contributed by atoms with Gasteiger partial charge in [-0.15, -0.1) is 0 Å². The number of ether oxygens (including phenoxy) is 1. The third-order valence-electron chi connectivity index (χ3n) is 10.1. The summed E-state index contributed by atoms with van der Waals surface area (Å²) in [5.41, 5.74) is 7.36. The Labute approximate surface area is 314 Å². The third-order valence-corrected chi connectivity index (χ3v) is 10.1. The van der Waals surface area contributed by atoms with Crippen molar-refractivity contribution in [3.63, 3.8) is 0 Å². The molecule has 0 radical (unpaired) electrons. The Morgan fingerprint density at radius 2 is 1.66 bits per heavy atom. The van der Waals surface area contributed by atoms with Crippen molar-refractivity contribution in [2.24, 2.45) is 28.9 Å². The molecular weight excluding hydrogens is 676 g/mol. The highest BCUT2D eigenvalue weighted by Gasteiger charge is 2.32. The zero-order valence-electron chi connectivity index (χ0n) is 32.2. The number of primary amides is 1. The lowest BCUT2D eigenvalue weighted by molar-refractivity contribution is -0.131. The summed E-state index contributed by atoms with van der Waals surface area (Å²) in [4.78, 5) is 79.0. The van der Waals surface area contributed by atoms with Gasteiger partial charge < -0.3 is 36.2 Å². The lowest BCUT2D eigenvalue weighted by atomic mass is 9.75. The zero-order chi connectivity index (χ0) is 39.1. The van der Waals surface area contributed by atoms with Crippen LogP contribution in [-0.4, -0.2) is 77.6 Å². The van der Waals surface area contributed by atoms with Crippen LogP contribution in [0.25, 0.3) is 0 Å². The summed E-state index contributed by atoms with van der Waals surface area (Å²) in [7, 11) is 0. The Kier molecular flexibility index (Phi) is 16.6. The van der Waals surface area contributed by atoms with Crippen LogP contribution in [-0.2, 0) is 30.5 Å². The number of anilines is 1. The van der Waals surface area contributed by atoms with Gasteiger partial charge in [0, 0.05) is 62.4 Å². The molecule has 0 unspecified atom stereocenters. The van der Waals surface area contributed by atoms with E-state index in [2.05, 4.69) is 43.3 Å². The van der Waals surface area contributed by atoms with Crippen LogP contribution in [0.2, 0.25) is 0 Å². The quantitative estimate of drug-likeness (QED) is 0.132. The van der Waals surface area contributed by atoms with E-state index >= 15 is 0 Å². The number of carbonyl (C=O) groups is 6. The van der Waals surface area contributed by atoms with Crippen LogP contribution in [0.1, 0.15) is 98.0 Å².